The Labute approximate surface area is 181 Å². The molecule has 31 heavy (non-hydrogen) atoms. The summed E-state index contributed by atoms with van der Waals surface area (Å²) >= 11 is 0. The van der Waals surface area contributed by atoms with Crippen LogP contribution in [0.1, 0.15) is 53.7 Å². The van der Waals surface area contributed by atoms with Gasteiger partial charge in [0.25, 0.3) is 0 Å². The first-order valence-electron chi connectivity index (χ1n) is 10.8. The Hall–Kier alpha value is -3.28. The Balaban J connectivity index is 1.63. The second-order valence-corrected chi connectivity index (χ2v) is 7.86. The first-order chi connectivity index (χ1) is 15.0. The van der Waals surface area contributed by atoms with Crippen molar-refractivity contribution in [1.29, 1.82) is 0 Å². The van der Waals surface area contributed by atoms with Crippen LogP contribution in [-0.2, 0) is 17.7 Å². The van der Waals surface area contributed by atoms with Crippen molar-refractivity contribution < 1.29 is 18.7 Å². The highest BCUT2D eigenvalue weighted by atomic mass is 16.5. The third-order valence-corrected chi connectivity index (χ3v) is 5.53. The van der Waals surface area contributed by atoms with E-state index in [2.05, 4.69) is 17.9 Å². The lowest BCUT2D eigenvalue weighted by atomic mass is 9.98. The monoisotopic (exact) mass is 421 g/mol. The van der Waals surface area contributed by atoms with Gasteiger partial charge < -0.3 is 18.8 Å². The Kier molecular flexibility index (Phi) is 5.98. The second-order valence-electron chi connectivity index (χ2n) is 7.86. The molecule has 0 radical (unpaired) electrons. The number of aryl methyl sites for hydroxylation is 2. The van der Waals surface area contributed by atoms with E-state index >= 15 is 0 Å². The number of rotatable bonds is 6. The average Bonchev–Trinajstić information content (AvgIpc) is 2.78. The normalized spacial score (nSPS) is 13.1. The van der Waals surface area contributed by atoms with Crippen LogP contribution in [0.15, 0.2) is 45.6 Å². The molecule has 1 aliphatic heterocycles. The van der Waals surface area contributed by atoms with E-state index in [9.17, 15) is 9.59 Å². The molecule has 3 aromatic rings. The van der Waals surface area contributed by atoms with E-state index < -0.39 is 0 Å². The molecule has 1 aliphatic rings. The van der Waals surface area contributed by atoms with E-state index in [0.717, 1.165) is 52.8 Å². The van der Waals surface area contributed by atoms with Crippen molar-refractivity contribution in [2.45, 2.75) is 46.6 Å². The van der Waals surface area contributed by atoms with Crippen LogP contribution in [0, 0.1) is 6.92 Å². The summed E-state index contributed by atoms with van der Waals surface area (Å²) in [4.78, 5) is 26.2. The number of ether oxygens (including phenoxy) is 2. The van der Waals surface area contributed by atoms with E-state index in [1.54, 1.807) is 18.2 Å². The van der Waals surface area contributed by atoms with E-state index in [1.165, 1.54) is 0 Å². The molecule has 0 aliphatic carbocycles. The number of carbonyl (C=O) groups is 1. The number of fused-ring (bicyclic) bond motifs is 2. The molecule has 6 nitrogen and oxygen atoms in total. The SMILES string of the molecule is CCCOC(=O)c1ccc(N2COc3c(cc4c(CCC)cc(=O)oc4c3C)C2)cc1. The minimum absolute atomic E-state index is 0.305. The molecule has 0 unspecified atom stereocenters. The smallest absolute Gasteiger partial charge is 0.338 e. The summed E-state index contributed by atoms with van der Waals surface area (Å²) in [6, 6.07) is 11.0. The number of carbonyl (C=O) groups excluding carboxylic acids is 1. The zero-order chi connectivity index (χ0) is 22.0. The summed E-state index contributed by atoms with van der Waals surface area (Å²) in [5, 5.41) is 0.970. The van der Waals surface area contributed by atoms with Crippen LogP contribution < -0.4 is 15.3 Å². The highest BCUT2D eigenvalue weighted by Gasteiger charge is 2.23. The van der Waals surface area contributed by atoms with E-state index in [-0.39, 0.29) is 11.6 Å². The van der Waals surface area contributed by atoms with E-state index in [4.69, 9.17) is 13.9 Å². The van der Waals surface area contributed by atoms with Crippen LogP contribution in [0.4, 0.5) is 5.69 Å². The third-order valence-electron chi connectivity index (χ3n) is 5.53. The Morgan fingerprint density at radius 3 is 2.61 bits per heavy atom. The first-order valence-corrected chi connectivity index (χ1v) is 10.8. The Morgan fingerprint density at radius 1 is 1.13 bits per heavy atom. The van der Waals surface area contributed by atoms with E-state index in [1.807, 2.05) is 26.0 Å². The van der Waals surface area contributed by atoms with Gasteiger partial charge in [0.15, 0.2) is 6.73 Å². The molecule has 162 valence electrons. The van der Waals surface area contributed by atoms with Gasteiger partial charge in [-0.25, -0.2) is 9.59 Å². The molecule has 6 heteroatoms. The third kappa shape index (κ3) is 4.15. The van der Waals surface area contributed by atoms with Crippen LogP contribution in [0.2, 0.25) is 0 Å². The van der Waals surface area contributed by atoms with Gasteiger partial charge in [0.05, 0.1) is 12.2 Å². The van der Waals surface area contributed by atoms with Gasteiger partial charge in [-0.15, -0.1) is 0 Å². The molecule has 0 bridgehead atoms. The number of hydrogen-bond acceptors (Lipinski definition) is 6. The van der Waals surface area contributed by atoms with Crippen molar-refractivity contribution in [3.05, 3.63) is 69.1 Å². The highest BCUT2D eigenvalue weighted by molar-refractivity contribution is 5.90. The number of anilines is 1. The summed E-state index contributed by atoms with van der Waals surface area (Å²) < 4.78 is 16.8. The minimum Gasteiger partial charge on any atom is -0.472 e. The van der Waals surface area contributed by atoms with Crippen LogP contribution in [0.3, 0.4) is 0 Å². The Bertz CT molecular complexity index is 1160. The largest absolute Gasteiger partial charge is 0.472 e. The lowest BCUT2D eigenvalue weighted by Gasteiger charge is -2.32. The molecule has 0 amide bonds. The summed E-state index contributed by atoms with van der Waals surface area (Å²) in [5.41, 5.74) is 4.70. The predicted octanol–water partition coefficient (Wildman–Crippen LogP) is 4.98. The molecular weight excluding hydrogens is 394 g/mol. The van der Waals surface area contributed by atoms with E-state index in [0.29, 0.717) is 31.0 Å². The van der Waals surface area contributed by atoms with Gasteiger partial charge >= 0.3 is 11.6 Å². The van der Waals surface area contributed by atoms with Crippen LogP contribution >= 0.6 is 0 Å². The van der Waals surface area contributed by atoms with Crippen molar-refractivity contribution in [2.24, 2.45) is 0 Å². The number of nitrogens with zero attached hydrogens (tertiary/aromatic N) is 1. The second kappa shape index (κ2) is 8.84. The summed E-state index contributed by atoms with van der Waals surface area (Å²) in [7, 11) is 0. The van der Waals surface area contributed by atoms with Crippen molar-refractivity contribution in [2.75, 3.05) is 18.2 Å². The van der Waals surface area contributed by atoms with Gasteiger partial charge in [-0.2, -0.15) is 0 Å². The zero-order valence-electron chi connectivity index (χ0n) is 18.2. The maximum absolute atomic E-state index is 12.0. The van der Waals surface area contributed by atoms with Crippen molar-refractivity contribution in [1.82, 2.24) is 0 Å². The van der Waals surface area contributed by atoms with Crippen molar-refractivity contribution in [3.63, 3.8) is 0 Å². The topological polar surface area (TPSA) is 69.0 Å². The van der Waals surface area contributed by atoms with Crippen molar-refractivity contribution >= 4 is 22.6 Å². The van der Waals surface area contributed by atoms with Gasteiger partial charge in [0.1, 0.15) is 11.3 Å². The molecule has 0 atom stereocenters. The lowest BCUT2D eigenvalue weighted by molar-refractivity contribution is 0.0505. The molecule has 0 saturated carbocycles. The number of benzene rings is 2. The van der Waals surface area contributed by atoms with Gasteiger partial charge in [-0.3, -0.25) is 0 Å². The Morgan fingerprint density at radius 2 is 1.90 bits per heavy atom. The van der Waals surface area contributed by atoms with Gasteiger partial charge in [-0.05, 0) is 55.7 Å². The fourth-order valence-electron chi connectivity index (χ4n) is 4.01. The zero-order valence-corrected chi connectivity index (χ0v) is 18.2. The fraction of sp³-hybridized carbons (Fsp3) is 0.360. The molecule has 1 aromatic heterocycles. The van der Waals surface area contributed by atoms with Gasteiger partial charge in [0.2, 0.25) is 0 Å². The van der Waals surface area contributed by atoms with Gasteiger partial charge in [-0.1, -0.05) is 20.3 Å². The molecule has 2 aromatic carbocycles. The maximum atomic E-state index is 12.0. The summed E-state index contributed by atoms with van der Waals surface area (Å²) in [5.74, 6) is 0.473. The van der Waals surface area contributed by atoms with Crippen LogP contribution in [0.25, 0.3) is 11.0 Å². The number of hydrogen-bond donors (Lipinski definition) is 0. The molecular formula is C25H27NO5. The minimum atomic E-state index is -0.325. The van der Waals surface area contributed by atoms with Gasteiger partial charge in [0, 0.05) is 34.8 Å². The predicted molar refractivity (Wildman–Crippen MR) is 120 cm³/mol. The highest BCUT2D eigenvalue weighted by Crippen LogP contribution is 2.37. The number of esters is 1. The van der Waals surface area contributed by atoms with Crippen molar-refractivity contribution in [3.8, 4) is 5.75 Å². The molecule has 0 N–H and O–H groups in total. The fourth-order valence-corrected chi connectivity index (χ4v) is 4.01. The standard InChI is InChI=1S/C25H27NO5/c1-4-6-18-13-22(27)31-24-16(3)23-19(12-21(18)24)14-26(15-30-23)20-9-7-17(8-10-20)25(28)29-11-5-2/h7-10,12-13H,4-6,11,14-15H2,1-3H3. The lowest BCUT2D eigenvalue weighted by Crippen LogP contribution is -2.32. The molecule has 0 spiro atoms. The maximum Gasteiger partial charge on any atom is 0.338 e. The molecule has 2 heterocycles. The molecule has 0 fully saturated rings. The van der Waals surface area contributed by atoms with Crippen LogP contribution in [0.5, 0.6) is 5.75 Å². The van der Waals surface area contributed by atoms with Crippen LogP contribution in [-0.4, -0.2) is 19.3 Å². The molecule has 0 saturated heterocycles. The summed E-state index contributed by atoms with van der Waals surface area (Å²) in [6.07, 6.45) is 2.57. The average molecular weight is 421 g/mol. The molecule has 4 rings (SSSR count). The first kappa shape index (κ1) is 21.0. The summed E-state index contributed by atoms with van der Waals surface area (Å²) in [6.45, 7) is 7.46. The quantitative estimate of drug-likeness (QED) is 0.413.